The molecule has 0 amide bonds. The third kappa shape index (κ3) is 2.24. The molecule has 2 aliphatic rings. The number of hydrogen-bond acceptors (Lipinski definition) is 3. The van der Waals surface area contributed by atoms with E-state index in [-0.39, 0.29) is 5.78 Å². The van der Waals surface area contributed by atoms with Gasteiger partial charge in [-0.25, -0.2) is 0 Å². The Morgan fingerprint density at radius 1 is 0.923 bits per heavy atom. The molecule has 2 aliphatic carbocycles. The number of ketones is 1. The number of fused-ring (bicyclic) bond motifs is 1. The zero-order valence-electron chi connectivity index (χ0n) is 15.6. The summed E-state index contributed by atoms with van der Waals surface area (Å²) in [6, 6.07) is 20.1. The van der Waals surface area contributed by atoms with Gasteiger partial charge in [-0.2, -0.15) is 0 Å². The highest BCUT2D eigenvalue weighted by Crippen LogP contribution is 2.60. The summed E-state index contributed by atoms with van der Waals surface area (Å²) in [5.74, 6) is -0.387. The summed E-state index contributed by atoms with van der Waals surface area (Å²) in [4.78, 5) is 15.8. The van der Waals surface area contributed by atoms with E-state index in [0.717, 1.165) is 28.7 Å². The molecular formula is C23H25NO2. The van der Waals surface area contributed by atoms with Gasteiger partial charge in [0.15, 0.2) is 5.78 Å². The van der Waals surface area contributed by atoms with Gasteiger partial charge in [-0.1, -0.05) is 60.7 Å². The lowest BCUT2D eigenvalue weighted by atomic mass is 9.77. The third-order valence-electron chi connectivity index (χ3n) is 6.23. The van der Waals surface area contributed by atoms with Crippen LogP contribution in [0.25, 0.3) is 11.1 Å². The quantitative estimate of drug-likeness (QED) is 0.921. The SMILES string of the molecule is CN(C)[C@@]12CC[C@](C)(O)C1C(=O)C(c1ccccc1)=C2c1ccccc1. The number of aliphatic hydroxyl groups is 1. The van der Waals surface area contributed by atoms with Crippen LogP contribution in [0.4, 0.5) is 0 Å². The predicted molar refractivity (Wildman–Crippen MR) is 104 cm³/mol. The van der Waals surface area contributed by atoms with Gasteiger partial charge in [-0.05, 0) is 50.6 Å². The molecule has 26 heavy (non-hydrogen) atoms. The van der Waals surface area contributed by atoms with Crippen LogP contribution in [-0.4, -0.2) is 41.0 Å². The van der Waals surface area contributed by atoms with E-state index in [1.165, 1.54) is 0 Å². The highest BCUT2D eigenvalue weighted by atomic mass is 16.3. The van der Waals surface area contributed by atoms with Crippen LogP contribution in [0.1, 0.15) is 30.9 Å². The fourth-order valence-electron chi connectivity index (χ4n) is 5.10. The first-order valence-electron chi connectivity index (χ1n) is 9.19. The Labute approximate surface area is 155 Å². The van der Waals surface area contributed by atoms with Crippen molar-refractivity contribution < 1.29 is 9.90 Å². The predicted octanol–water partition coefficient (Wildman–Crippen LogP) is 3.64. The first-order chi connectivity index (χ1) is 12.4. The van der Waals surface area contributed by atoms with Gasteiger partial charge in [-0.3, -0.25) is 9.69 Å². The molecule has 0 heterocycles. The van der Waals surface area contributed by atoms with Gasteiger partial charge in [0.1, 0.15) is 0 Å². The molecule has 0 bridgehead atoms. The highest BCUT2D eigenvalue weighted by molar-refractivity contribution is 6.34. The second kappa shape index (κ2) is 5.90. The third-order valence-corrected chi connectivity index (χ3v) is 6.23. The van der Waals surface area contributed by atoms with Crippen molar-refractivity contribution in [2.45, 2.75) is 30.9 Å². The van der Waals surface area contributed by atoms with Crippen LogP contribution in [0.3, 0.4) is 0 Å². The number of allylic oxidation sites excluding steroid dienone is 1. The van der Waals surface area contributed by atoms with E-state index in [0.29, 0.717) is 6.42 Å². The van der Waals surface area contributed by atoms with Gasteiger partial charge in [0, 0.05) is 5.57 Å². The molecule has 3 atom stereocenters. The van der Waals surface area contributed by atoms with Crippen LogP contribution < -0.4 is 0 Å². The Kier molecular flexibility index (Phi) is 3.90. The number of likely N-dealkylation sites (N-methyl/N-ethyl adjacent to an activating group) is 1. The Bertz CT molecular complexity index is 868. The summed E-state index contributed by atoms with van der Waals surface area (Å²) in [7, 11) is 4.05. The minimum atomic E-state index is -1.00. The Morgan fingerprint density at radius 3 is 2.00 bits per heavy atom. The molecule has 134 valence electrons. The van der Waals surface area contributed by atoms with E-state index in [1.54, 1.807) is 0 Å². The minimum Gasteiger partial charge on any atom is -0.389 e. The molecule has 1 unspecified atom stereocenters. The first-order valence-corrected chi connectivity index (χ1v) is 9.19. The fourth-order valence-corrected chi connectivity index (χ4v) is 5.10. The zero-order valence-corrected chi connectivity index (χ0v) is 15.6. The zero-order chi connectivity index (χ0) is 18.5. The molecule has 1 saturated carbocycles. The molecule has 1 fully saturated rings. The van der Waals surface area contributed by atoms with E-state index < -0.39 is 17.1 Å². The van der Waals surface area contributed by atoms with Gasteiger partial charge in [0.25, 0.3) is 0 Å². The molecule has 0 aromatic heterocycles. The van der Waals surface area contributed by atoms with Crippen molar-refractivity contribution in [3.05, 3.63) is 71.8 Å². The molecule has 2 aromatic carbocycles. The van der Waals surface area contributed by atoms with Crippen molar-refractivity contribution >= 4 is 16.9 Å². The van der Waals surface area contributed by atoms with Gasteiger partial charge in [0.2, 0.25) is 0 Å². The van der Waals surface area contributed by atoms with Gasteiger partial charge in [0.05, 0.1) is 17.1 Å². The maximum atomic E-state index is 13.7. The molecule has 0 aliphatic heterocycles. The minimum absolute atomic E-state index is 0.0613. The van der Waals surface area contributed by atoms with Crippen LogP contribution in [-0.2, 0) is 4.79 Å². The molecule has 3 nitrogen and oxygen atoms in total. The molecule has 4 rings (SSSR count). The lowest BCUT2D eigenvalue weighted by Crippen LogP contribution is -2.52. The summed E-state index contributed by atoms with van der Waals surface area (Å²) in [5, 5.41) is 11.1. The van der Waals surface area contributed by atoms with Crippen LogP contribution in [0.15, 0.2) is 60.7 Å². The summed E-state index contributed by atoms with van der Waals surface area (Å²) in [6.07, 6.45) is 1.39. The molecule has 0 spiro atoms. The Balaban J connectivity index is 2.06. The maximum absolute atomic E-state index is 13.7. The van der Waals surface area contributed by atoms with Crippen molar-refractivity contribution in [1.29, 1.82) is 0 Å². The highest BCUT2D eigenvalue weighted by Gasteiger charge is 2.65. The molecule has 1 N–H and O–H groups in total. The monoisotopic (exact) mass is 347 g/mol. The number of rotatable bonds is 3. The van der Waals surface area contributed by atoms with E-state index >= 15 is 0 Å². The van der Waals surface area contributed by atoms with Crippen molar-refractivity contribution in [3.8, 4) is 0 Å². The number of hydrogen-bond donors (Lipinski definition) is 1. The molecular weight excluding hydrogens is 322 g/mol. The number of carbonyl (C=O) groups excluding carboxylic acids is 1. The second-order valence-corrected chi connectivity index (χ2v) is 7.96. The maximum Gasteiger partial charge on any atom is 0.172 e. The van der Waals surface area contributed by atoms with Crippen molar-refractivity contribution in [3.63, 3.8) is 0 Å². The molecule has 0 saturated heterocycles. The average Bonchev–Trinajstić information content (AvgIpc) is 3.08. The van der Waals surface area contributed by atoms with Crippen molar-refractivity contribution in [2.75, 3.05) is 14.1 Å². The van der Waals surface area contributed by atoms with E-state index in [1.807, 2.05) is 69.6 Å². The van der Waals surface area contributed by atoms with Gasteiger partial charge < -0.3 is 5.11 Å². The largest absolute Gasteiger partial charge is 0.389 e. The lowest BCUT2D eigenvalue weighted by Gasteiger charge is -2.41. The molecule has 2 aromatic rings. The van der Waals surface area contributed by atoms with E-state index in [2.05, 4.69) is 17.0 Å². The number of Topliss-reactive ketones (excluding diaryl/α,β-unsaturated/α-hetero) is 1. The second-order valence-electron chi connectivity index (χ2n) is 7.96. The lowest BCUT2D eigenvalue weighted by molar-refractivity contribution is -0.126. The van der Waals surface area contributed by atoms with Gasteiger partial charge >= 0.3 is 0 Å². The van der Waals surface area contributed by atoms with Crippen LogP contribution in [0.2, 0.25) is 0 Å². The smallest absolute Gasteiger partial charge is 0.172 e. The van der Waals surface area contributed by atoms with E-state index in [9.17, 15) is 9.90 Å². The molecule has 3 heteroatoms. The Hall–Kier alpha value is -2.23. The summed E-state index contributed by atoms with van der Waals surface area (Å²) in [6.45, 7) is 1.82. The van der Waals surface area contributed by atoms with Gasteiger partial charge in [-0.15, -0.1) is 0 Å². The number of benzene rings is 2. The standard InChI is InChI=1S/C23H25NO2/c1-22(26)14-15-23(24(2)3)19(17-12-8-5-9-13-17)18(20(25)21(22)23)16-10-6-4-7-11-16/h4-13,21,26H,14-15H2,1-3H3/t21?,22-,23+/m0/s1. The van der Waals surface area contributed by atoms with E-state index in [4.69, 9.17) is 0 Å². The first kappa shape index (κ1) is 17.2. The summed E-state index contributed by atoms with van der Waals surface area (Å²) < 4.78 is 0. The number of carbonyl (C=O) groups is 1. The topological polar surface area (TPSA) is 40.5 Å². The van der Waals surface area contributed by atoms with Crippen LogP contribution in [0, 0.1) is 5.92 Å². The fraction of sp³-hybridized carbons (Fsp3) is 0.348. The summed E-state index contributed by atoms with van der Waals surface area (Å²) in [5.41, 5.74) is 2.33. The van der Waals surface area contributed by atoms with Crippen LogP contribution in [0.5, 0.6) is 0 Å². The summed E-state index contributed by atoms with van der Waals surface area (Å²) >= 11 is 0. The Morgan fingerprint density at radius 2 is 1.46 bits per heavy atom. The molecule has 0 radical (unpaired) electrons. The van der Waals surface area contributed by atoms with Crippen molar-refractivity contribution in [1.82, 2.24) is 4.90 Å². The number of nitrogens with zero attached hydrogens (tertiary/aromatic N) is 1. The van der Waals surface area contributed by atoms with Crippen molar-refractivity contribution in [2.24, 2.45) is 5.92 Å². The van der Waals surface area contributed by atoms with Crippen LogP contribution >= 0.6 is 0 Å². The average molecular weight is 347 g/mol. The normalized spacial score (nSPS) is 31.0.